The SMILES string of the molecule is CC(=O)OC(C)c1ccc2c(c1)C(c1ccccc1F)=NC(C)(C)C(=O)N2C. The van der Waals surface area contributed by atoms with E-state index in [0.29, 0.717) is 22.5 Å². The summed E-state index contributed by atoms with van der Waals surface area (Å²) < 4.78 is 19.9. The van der Waals surface area contributed by atoms with E-state index in [1.807, 2.05) is 0 Å². The molecular weight excluding hydrogens is 359 g/mol. The first-order valence-electron chi connectivity index (χ1n) is 9.06. The van der Waals surface area contributed by atoms with E-state index < -0.39 is 17.5 Å². The van der Waals surface area contributed by atoms with Crippen molar-refractivity contribution < 1.29 is 18.7 Å². The number of nitrogens with zero attached hydrogens (tertiary/aromatic N) is 2. The third-order valence-electron chi connectivity index (χ3n) is 4.80. The molecule has 1 amide bonds. The van der Waals surface area contributed by atoms with Crippen LogP contribution in [0, 0.1) is 5.82 Å². The average Bonchev–Trinajstić information content (AvgIpc) is 2.70. The van der Waals surface area contributed by atoms with Crippen LogP contribution in [0.15, 0.2) is 47.5 Å². The van der Waals surface area contributed by atoms with Crippen molar-refractivity contribution in [2.45, 2.75) is 39.3 Å². The number of anilines is 1. The van der Waals surface area contributed by atoms with Crippen LogP contribution in [0.3, 0.4) is 0 Å². The zero-order valence-corrected chi connectivity index (χ0v) is 16.6. The van der Waals surface area contributed by atoms with Gasteiger partial charge in [-0.1, -0.05) is 18.2 Å². The van der Waals surface area contributed by atoms with Crippen LogP contribution in [0.1, 0.15) is 50.5 Å². The molecule has 0 saturated carbocycles. The summed E-state index contributed by atoms with van der Waals surface area (Å²) in [6, 6.07) is 11.7. The van der Waals surface area contributed by atoms with Crippen LogP contribution >= 0.6 is 0 Å². The van der Waals surface area contributed by atoms with Crippen LogP contribution in [0.4, 0.5) is 10.1 Å². The Morgan fingerprint density at radius 2 is 1.86 bits per heavy atom. The number of halogens is 1. The first kappa shape index (κ1) is 19.7. The number of benzene rings is 2. The van der Waals surface area contributed by atoms with Gasteiger partial charge < -0.3 is 9.64 Å². The second kappa shape index (κ2) is 7.19. The van der Waals surface area contributed by atoms with Gasteiger partial charge in [-0.15, -0.1) is 0 Å². The Hall–Kier alpha value is -3.02. The van der Waals surface area contributed by atoms with Crippen LogP contribution in [0.25, 0.3) is 0 Å². The van der Waals surface area contributed by atoms with Gasteiger partial charge in [-0.3, -0.25) is 14.6 Å². The highest BCUT2D eigenvalue weighted by Crippen LogP contribution is 2.34. The molecule has 5 nitrogen and oxygen atoms in total. The van der Waals surface area contributed by atoms with E-state index in [0.717, 1.165) is 5.56 Å². The lowest BCUT2D eigenvalue weighted by Crippen LogP contribution is -2.41. The van der Waals surface area contributed by atoms with E-state index in [4.69, 9.17) is 4.74 Å². The Morgan fingerprint density at radius 1 is 1.18 bits per heavy atom. The minimum Gasteiger partial charge on any atom is -0.458 e. The maximum Gasteiger partial charge on any atom is 0.303 e. The number of hydrogen-bond donors (Lipinski definition) is 0. The Balaban J connectivity index is 2.26. The molecule has 1 atom stereocenters. The maximum absolute atomic E-state index is 14.6. The second-order valence-corrected chi connectivity index (χ2v) is 7.39. The molecule has 0 spiro atoms. The maximum atomic E-state index is 14.6. The number of amides is 1. The van der Waals surface area contributed by atoms with E-state index in [2.05, 4.69) is 4.99 Å². The zero-order valence-electron chi connectivity index (χ0n) is 16.6. The fourth-order valence-electron chi connectivity index (χ4n) is 3.37. The summed E-state index contributed by atoms with van der Waals surface area (Å²) in [5.74, 6) is -1.00. The second-order valence-electron chi connectivity index (χ2n) is 7.39. The molecule has 0 saturated heterocycles. The van der Waals surface area contributed by atoms with Crippen molar-refractivity contribution >= 4 is 23.3 Å². The fraction of sp³-hybridized carbons (Fsp3) is 0.318. The monoisotopic (exact) mass is 382 g/mol. The first-order chi connectivity index (χ1) is 13.1. The predicted octanol–water partition coefficient (Wildman–Crippen LogP) is 4.04. The summed E-state index contributed by atoms with van der Waals surface area (Å²) in [5, 5.41) is 0. The highest BCUT2D eigenvalue weighted by atomic mass is 19.1. The van der Waals surface area contributed by atoms with E-state index >= 15 is 0 Å². The molecule has 146 valence electrons. The van der Waals surface area contributed by atoms with Gasteiger partial charge in [0.2, 0.25) is 0 Å². The summed E-state index contributed by atoms with van der Waals surface area (Å²) in [5.41, 5.74) is 1.62. The predicted molar refractivity (Wildman–Crippen MR) is 106 cm³/mol. The molecule has 0 aromatic heterocycles. The van der Waals surface area contributed by atoms with E-state index in [-0.39, 0.29) is 11.9 Å². The minimum absolute atomic E-state index is 0.194. The number of carbonyl (C=O) groups excluding carboxylic acids is 2. The smallest absolute Gasteiger partial charge is 0.303 e. The molecule has 0 N–H and O–H groups in total. The Morgan fingerprint density at radius 3 is 2.50 bits per heavy atom. The van der Waals surface area contributed by atoms with Gasteiger partial charge in [0.05, 0.1) is 11.4 Å². The van der Waals surface area contributed by atoms with Crippen molar-refractivity contribution in [1.82, 2.24) is 0 Å². The van der Waals surface area contributed by atoms with Gasteiger partial charge in [0.15, 0.2) is 0 Å². The quantitative estimate of drug-likeness (QED) is 0.753. The van der Waals surface area contributed by atoms with Crippen molar-refractivity contribution in [3.8, 4) is 0 Å². The molecule has 0 fully saturated rings. The molecule has 28 heavy (non-hydrogen) atoms. The molecule has 0 aliphatic carbocycles. The zero-order chi connectivity index (χ0) is 20.6. The van der Waals surface area contributed by atoms with Gasteiger partial charge in [0, 0.05) is 25.1 Å². The molecule has 1 unspecified atom stereocenters. The number of fused-ring (bicyclic) bond motifs is 1. The summed E-state index contributed by atoms with van der Waals surface area (Å²) in [6.07, 6.45) is -0.484. The van der Waals surface area contributed by atoms with Gasteiger partial charge in [-0.05, 0) is 50.6 Å². The van der Waals surface area contributed by atoms with Crippen LogP contribution in [-0.2, 0) is 14.3 Å². The molecule has 0 radical (unpaired) electrons. The lowest BCUT2D eigenvalue weighted by Gasteiger charge is -2.24. The van der Waals surface area contributed by atoms with Crippen molar-refractivity contribution in [3.05, 3.63) is 65.0 Å². The Bertz CT molecular complexity index is 981. The standard InChI is InChI=1S/C22H23FN2O3/c1-13(28-14(2)26)15-10-11-19-17(12-15)20(16-8-6-7-9-18(16)23)24-22(3,4)21(27)25(19)5/h6-13H,1-5H3. The highest BCUT2D eigenvalue weighted by Gasteiger charge is 2.36. The number of aliphatic imine (C=N–C) groups is 1. The third-order valence-corrected chi connectivity index (χ3v) is 4.80. The van der Waals surface area contributed by atoms with Crippen LogP contribution < -0.4 is 4.90 Å². The Labute approximate surface area is 163 Å². The molecule has 1 aliphatic rings. The highest BCUT2D eigenvalue weighted by molar-refractivity contribution is 6.20. The van der Waals surface area contributed by atoms with Gasteiger partial charge in [0.25, 0.3) is 5.91 Å². The van der Waals surface area contributed by atoms with Crippen LogP contribution in [0.2, 0.25) is 0 Å². The van der Waals surface area contributed by atoms with Gasteiger partial charge >= 0.3 is 5.97 Å². The number of carbonyl (C=O) groups is 2. The van der Waals surface area contributed by atoms with E-state index in [1.54, 1.807) is 64.2 Å². The minimum atomic E-state index is -1.06. The molecule has 3 rings (SSSR count). The van der Waals surface area contributed by atoms with Gasteiger partial charge in [-0.2, -0.15) is 0 Å². The molecule has 1 heterocycles. The normalized spacial score (nSPS) is 16.7. The number of benzodiazepines with no additional fused rings is 1. The first-order valence-corrected chi connectivity index (χ1v) is 9.06. The number of ether oxygens (including phenoxy) is 1. The van der Waals surface area contributed by atoms with Gasteiger partial charge in [-0.25, -0.2) is 4.39 Å². The molecule has 2 aromatic carbocycles. The van der Waals surface area contributed by atoms with Crippen molar-refractivity contribution in [2.24, 2.45) is 4.99 Å². The van der Waals surface area contributed by atoms with Crippen molar-refractivity contribution in [2.75, 3.05) is 11.9 Å². The van der Waals surface area contributed by atoms with E-state index in [9.17, 15) is 14.0 Å². The average molecular weight is 382 g/mol. The largest absolute Gasteiger partial charge is 0.458 e. The molecule has 0 bridgehead atoms. The van der Waals surface area contributed by atoms with Crippen molar-refractivity contribution in [3.63, 3.8) is 0 Å². The topological polar surface area (TPSA) is 59.0 Å². The molecule has 2 aromatic rings. The number of esters is 1. The lowest BCUT2D eigenvalue weighted by atomic mass is 9.96. The van der Waals surface area contributed by atoms with Crippen molar-refractivity contribution in [1.29, 1.82) is 0 Å². The van der Waals surface area contributed by atoms with Crippen LogP contribution in [0.5, 0.6) is 0 Å². The lowest BCUT2D eigenvalue weighted by molar-refractivity contribution is -0.145. The van der Waals surface area contributed by atoms with Gasteiger partial charge in [0.1, 0.15) is 17.5 Å². The fourth-order valence-corrected chi connectivity index (χ4v) is 3.37. The summed E-state index contributed by atoms with van der Waals surface area (Å²) >= 11 is 0. The summed E-state index contributed by atoms with van der Waals surface area (Å²) in [7, 11) is 1.68. The van der Waals surface area contributed by atoms with Crippen LogP contribution in [-0.4, -0.2) is 30.2 Å². The summed E-state index contributed by atoms with van der Waals surface area (Å²) in [6.45, 7) is 6.53. The molecule has 1 aliphatic heterocycles. The number of hydrogen-bond acceptors (Lipinski definition) is 4. The molecular formula is C22H23FN2O3. The number of rotatable bonds is 3. The summed E-state index contributed by atoms with van der Waals surface area (Å²) in [4.78, 5) is 30.4. The van der Waals surface area contributed by atoms with E-state index in [1.165, 1.54) is 17.9 Å². The number of likely N-dealkylation sites (N-methyl/N-ethyl adjacent to an activating group) is 1. The third kappa shape index (κ3) is 3.54. The molecule has 6 heteroatoms. The Kier molecular flexibility index (Phi) is 5.06.